The van der Waals surface area contributed by atoms with Crippen molar-refractivity contribution < 1.29 is 39.2 Å². The zero-order chi connectivity index (χ0) is 36.4. The summed E-state index contributed by atoms with van der Waals surface area (Å²) in [7, 11) is 0. The fourth-order valence-electron chi connectivity index (χ4n) is 7.71. The molecule has 1 aliphatic carbocycles. The van der Waals surface area contributed by atoms with Gasteiger partial charge in [0.1, 0.15) is 17.0 Å². The molecule has 2 aliphatic heterocycles. The highest BCUT2D eigenvalue weighted by atomic mass is 16.5. The minimum absolute atomic E-state index is 0.0639. The normalized spacial score (nSPS) is 19.3. The molecule has 51 heavy (non-hydrogen) atoms. The molecular weight excluding hydrogens is 652 g/mol. The van der Waals surface area contributed by atoms with E-state index in [-0.39, 0.29) is 23.5 Å². The van der Waals surface area contributed by atoms with Crippen LogP contribution in [0, 0.1) is 12.8 Å². The number of amides is 1. The van der Waals surface area contributed by atoms with Crippen molar-refractivity contribution in [1.82, 2.24) is 19.8 Å². The number of carboxylic acids is 1. The number of phenolic OH excluding ortho intramolecular Hbond substituents is 1. The van der Waals surface area contributed by atoms with Crippen molar-refractivity contribution in [3.05, 3.63) is 70.9 Å². The number of aromatic hydroxyl groups is 1. The van der Waals surface area contributed by atoms with Gasteiger partial charge in [-0.1, -0.05) is 24.3 Å². The summed E-state index contributed by atoms with van der Waals surface area (Å²) in [4.78, 5) is 38.6. The van der Waals surface area contributed by atoms with Crippen LogP contribution in [0.5, 0.6) is 5.75 Å². The second kappa shape index (κ2) is 13.2. The van der Waals surface area contributed by atoms with Crippen molar-refractivity contribution in [2.75, 3.05) is 26.2 Å². The first-order valence-corrected chi connectivity index (χ1v) is 17.4. The van der Waals surface area contributed by atoms with Crippen LogP contribution >= 0.6 is 0 Å². The van der Waals surface area contributed by atoms with Crippen LogP contribution in [0.15, 0.2) is 53.0 Å². The largest absolute Gasteiger partial charge is 0.508 e. The van der Waals surface area contributed by atoms with Gasteiger partial charge in [0.25, 0.3) is 0 Å². The third-order valence-electron chi connectivity index (χ3n) is 10.3. The predicted octanol–water partition coefficient (Wildman–Crippen LogP) is 5.25. The second-order valence-corrected chi connectivity index (χ2v) is 14.9. The van der Waals surface area contributed by atoms with Gasteiger partial charge >= 0.3 is 5.97 Å². The third kappa shape index (κ3) is 6.64. The maximum atomic E-state index is 12.7. The summed E-state index contributed by atoms with van der Waals surface area (Å²) in [6.45, 7) is 12.1. The first kappa shape index (κ1) is 34.8. The fraction of sp³-hybridized carbons (Fsp3) is 0.436. The number of aromatic nitrogens is 2. The summed E-state index contributed by atoms with van der Waals surface area (Å²) in [5.41, 5.74) is 5.13. The van der Waals surface area contributed by atoms with Crippen molar-refractivity contribution in [1.29, 1.82) is 0 Å². The molecule has 0 radical (unpaired) electrons. The Bertz CT molecular complexity index is 2020. The van der Waals surface area contributed by atoms with Gasteiger partial charge in [-0.05, 0) is 106 Å². The first-order valence-electron chi connectivity index (χ1n) is 17.4. The lowest BCUT2D eigenvalue weighted by molar-refractivity contribution is -0.160. The number of aliphatic hydroxyl groups excluding tert-OH is 1. The maximum absolute atomic E-state index is 12.7. The van der Waals surface area contributed by atoms with Gasteiger partial charge in [0.15, 0.2) is 18.0 Å². The van der Waals surface area contributed by atoms with Gasteiger partial charge in [-0.2, -0.15) is 0 Å². The molecule has 0 saturated carbocycles. The van der Waals surface area contributed by atoms with E-state index in [4.69, 9.17) is 19.1 Å². The second-order valence-electron chi connectivity index (χ2n) is 14.9. The Morgan fingerprint density at radius 3 is 2.31 bits per heavy atom. The van der Waals surface area contributed by atoms with E-state index in [1.165, 1.54) is 12.1 Å². The number of oxazole rings is 1. The van der Waals surface area contributed by atoms with Crippen LogP contribution in [0.1, 0.15) is 74.9 Å². The summed E-state index contributed by atoms with van der Waals surface area (Å²) in [6, 6.07) is 12.2. The predicted molar refractivity (Wildman–Crippen MR) is 190 cm³/mol. The summed E-state index contributed by atoms with van der Waals surface area (Å²) >= 11 is 0. The number of piperidine rings is 1. The SMILES string of the molecule is CC(=O)N1CC(N2CCC(C3=CC(C(O)O)c4ccc(-c5nc6cc(C)c(C(OC(C)(C)C)C(=O)O)c(-c7ccc(O)cc7)c6o5)nc43)CC2)C1. The number of fused-ring (bicyclic) bond motifs is 2. The molecule has 1 amide bonds. The minimum Gasteiger partial charge on any atom is -0.508 e. The lowest BCUT2D eigenvalue weighted by atomic mass is 9.87. The molecule has 2 saturated heterocycles. The Balaban J connectivity index is 1.26. The number of pyridine rings is 1. The molecule has 2 unspecified atom stereocenters. The molecule has 0 spiro atoms. The zero-order valence-electron chi connectivity index (χ0n) is 29.5. The van der Waals surface area contributed by atoms with Gasteiger partial charge in [-0.25, -0.2) is 14.8 Å². The number of aliphatic hydroxyl groups is 2. The number of carbonyl (C=O) groups is 2. The topological polar surface area (TPSA) is 170 Å². The average Bonchev–Trinajstić information content (AvgIpc) is 3.64. The lowest BCUT2D eigenvalue weighted by Gasteiger charge is -2.47. The molecule has 12 nitrogen and oxygen atoms in total. The number of nitrogens with zero attached hydrogens (tertiary/aromatic N) is 4. The van der Waals surface area contributed by atoms with Crippen LogP contribution in [0.3, 0.4) is 0 Å². The van der Waals surface area contributed by atoms with E-state index in [0.29, 0.717) is 50.8 Å². The number of aliphatic carboxylic acids is 1. The summed E-state index contributed by atoms with van der Waals surface area (Å²) in [5, 5.41) is 41.1. The summed E-state index contributed by atoms with van der Waals surface area (Å²) in [5.74, 6) is -1.19. The van der Waals surface area contributed by atoms with Gasteiger partial charge in [-0.15, -0.1) is 0 Å². The van der Waals surface area contributed by atoms with E-state index in [0.717, 1.165) is 50.2 Å². The number of phenols is 1. The number of likely N-dealkylation sites (tertiary alicyclic amines) is 2. The van der Waals surface area contributed by atoms with Crippen LogP contribution in [-0.2, 0) is 14.3 Å². The van der Waals surface area contributed by atoms with Gasteiger partial charge in [0.2, 0.25) is 11.8 Å². The van der Waals surface area contributed by atoms with Gasteiger partial charge in [0, 0.05) is 37.2 Å². The van der Waals surface area contributed by atoms with E-state index in [1.54, 1.807) is 52.0 Å². The number of hydrogen-bond donors (Lipinski definition) is 4. The van der Waals surface area contributed by atoms with Gasteiger partial charge in [-0.3, -0.25) is 9.69 Å². The Labute approximate surface area is 296 Å². The number of aryl methyl sites for hydroxylation is 1. The number of allylic oxidation sites excluding steroid dienone is 1. The molecule has 4 N–H and O–H groups in total. The highest BCUT2D eigenvalue weighted by Crippen LogP contribution is 2.46. The number of carbonyl (C=O) groups excluding carboxylic acids is 1. The third-order valence-corrected chi connectivity index (χ3v) is 10.3. The van der Waals surface area contributed by atoms with Crippen LogP contribution in [0.25, 0.3) is 39.4 Å². The fourth-order valence-corrected chi connectivity index (χ4v) is 7.71. The van der Waals surface area contributed by atoms with Crippen LogP contribution < -0.4 is 0 Å². The highest BCUT2D eigenvalue weighted by Gasteiger charge is 2.39. The molecule has 2 aromatic carbocycles. The first-order chi connectivity index (χ1) is 24.2. The minimum atomic E-state index is -1.59. The Morgan fingerprint density at radius 2 is 1.71 bits per heavy atom. The molecule has 2 fully saturated rings. The Hall–Kier alpha value is -4.62. The van der Waals surface area contributed by atoms with E-state index in [9.17, 15) is 30.0 Å². The van der Waals surface area contributed by atoms with E-state index < -0.39 is 29.9 Å². The Kier molecular flexibility index (Phi) is 8.99. The number of benzene rings is 2. The van der Waals surface area contributed by atoms with Crippen molar-refractivity contribution in [2.45, 2.75) is 77.4 Å². The number of ether oxygens (including phenoxy) is 1. The zero-order valence-corrected chi connectivity index (χ0v) is 29.5. The molecule has 7 rings (SSSR count). The molecule has 2 aromatic heterocycles. The standard InChI is InChI=1S/C39H44N4O8/c1-20-16-30-34(32(23-6-8-25(45)9-7-23)31(20)35(38(48)49)51-39(3,4)5)50-36(41-30)29-11-10-26-28(37(46)47)17-27(33(26)40-29)22-12-14-42(15-13-22)24-18-43(19-24)21(2)44/h6-11,16-17,22,24,28,35,37,45-47H,12-15,18-19H2,1-5H3,(H,48,49). The molecule has 4 aromatic rings. The van der Waals surface area contributed by atoms with E-state index in [2.05, 4.69) is 4.90 Å². The van der Waals surface area contributed by atoms with Gasteiger partial charge in [0.05, 0.1) is 17.2 Å². The molecule has 12 heteroatoms. The van der Waals surface area contributed by atoms with Gasteiger partial charge < -0.3 is 34.5 Å². The summed E-state index contributed by atoms with van der Waals surface area (Å²) in [6.07, 6.45) is 0.786. The molecule has 268 valence electrons. The van der Waals surface area contributed by atoms with E-state index in [1.807, 2.05) is 24.0 Å². The number of hydrogen-bond acceptors (Lipinski definition) is 10. The summed E-state index contributed by atoms with van der Waals surface area (Å²) < 4.78 is 12.6. The van der Waals surface area contributed by atoms with Crippen molar-refractivity contribution in [2.24, 2.45) is 5.92 Å². The molecule has 4 heterocycles. The van der Waals surface area contributed by atoms with Crippen LogP contribution in [-0.4, -0.2) is 96.2 Å². The van der Waals surface area contributed by atoms with E-state index >= 15 is 0 Å². The van der Waals surface area contributed by atoms with Crippen molar-refractivity contribution in [3.63, 3.8) is 0 Å². The lowest BCUT2D eigenvalue weighted by Crippen LogP contribution is -2.61. The highest BCUT2D eigenvalue weighted by molar-refractivity contribution is 5.97. The van der Waals surface area contributed by atoms with Crippen molar-refractivity contribution >= 4 is 28.5 Å². The molecule has 3 aliphatic rings. The number of rotatable bonds is 8. The maximum Gasteiger partial charge on any atom is 0.337 e. The quantitative estimate of drug-likeness (QED) is 0.178. The van der Waals surface area contributed by atoms with Crippen LogP contribution in [0.4, 0.5) is 0 Å². The van der Waals surface area contributed by atoms with Crippen molar-refractivity contribution in [3.8, 4) is 28.5 Å². The Morgan fingerprint density at radius 1 is 1.02 bits per heavy atom. The molecule has 2 atom stereocenters. The average molecular weight is 697 g/mol. The monoisotopic (exact) mass is 696 g/mol. The van der Waals surface area contributed by atoms with Crippen LogP contribution in [0.2, 0.25) is 0 Å². The molecular formula is C39H44N4O8. The number of carboxylic acid groups (broad SMARTS) is 1. The smallest absolute Gasteiger partial charge is 0.337 e. The molecule has 0 bridgehead atoms.